The van der Waals surface area contributed by atoms with Crippen LogP contribution < -0.4 is 5.32 Å². The quantitative estimate of drug-likeness (QED) is 0.480. The van der Waals surface area contributed by atoms with Gasteiger partial charge in [0.15, 0.2) is 0 Å². The number of hydrogen-bond donors (Lipinski definition) is 1. The molecule has 11 heteroatoms. The van der Waals surface area contributed by atoms with Gasteiger partial charge in [0.25, 0.3) is 5.91 Å². The van der Waals surface area contributed by atoms with Crippen molar-refractivity contribution in [3.63, 3.8) is 0 Å². The lowest BCUT2D eigenvalue weighted by atomic mass is 10.0. The van der Waals surface area contributed by atoms with Crippen LogP contribution in [0.5, 0.6) is 0 Å². The van der Waals surface area contributed by atoms with Crippen molar-refractivity contribution in [2.45, 2.75) is 33.2 Å². The highest BCUT2D eigenvalue weighted by Gasteiger charge is 2.32. The number of alkyl halides is 2. The highest BCUT2D eigenvalue weighted by atomic mass is 19.3. The Morgan fingerprint density at radius 1 is 1.06 bits per heavy atom. The zero-order valence-electron chi connectivity index (χ0n) is 18.1. The van der Waals surface area contributed by atoms with E-state index in [1.54, 1.807) is 36.8 Å². The lowest BCUT2D eigenvalue weighted by Crippen LogP contribution is -2.24. The molecule has 0 aliphatic carbocycles. The van der Waals surface area contributed by atoms with Crippen LogP contribution in [0.3, 0.4) is 0 Å². The van der Waals surface area contributed by atoms with Crippen LogP contribution in [0.15, 0.2) is 48.9 Å². The van der Waals surface area contributed by atoms with Gasteiger partial charge in [0, 0.05) is 30.4 Å². The largest absolute Gasteiger partial charge is 0.346 e. The number of aryl methyl sites for hydroxylation is 2. The Bertz CT molecular complexity index is 1280. The molecule has 0 radical (unpaired) electrons. The molecule has 0 bridgehead atoms. The van der Waals surface area contributed by atoms with Gasteiger partial charge in [-0.3, -0.25) is 19.7 Å². The normalized spacial score (nSPS) is 11.4. The predicted octanol–water partition coefficient (Wildman–Crippen LogP) is 3.17. The summed E-state index contributed by atoms with van der Waals surface area (Å²) in [5, 5.41) is 13.3. The molecule has 3 heterocycles. The monoisotopic (exact) mass is 450 g/mol. The van der Waals surface area contributed by atoms with Crippen LogP contribution in [-0.4, -0.2) is 41.1 Å². The molecule has 3 aromatic heterocycles. The molecule has 0 saturated heterocycles. The van der Waals surface area contributed by atoms with Crippen molar-refractivity contribution >= 4 is 5.91 Å². The lowest BCUT2D eigenvalue weighted by Gasteiger charge is -2.13. The summed E-state index contributed by atoms with van der Waals surface area (Å²) in [7, 11) is 0. The number of tetrazole rings is 1. The number of nitrogens with one attached hydrogen (secondary N) is 1. The molecule has 0 spiro atoms. The number of amides is 1. The van der Waals surface area contributed by atoms with E-state index in [4.69, 9.17) is 0 Å². The Kier molecular flexibility index (Phi) is 5.86. The maximum atomic E-state index is 14.0. The number of carbonyl (C=O) groups is 1. The van der Waals surface area contributed by atoms with Crippen LogP contribution >= 0.6 is 0 Å². The number of hydrogen-bond acceptors (Lipinski definition) is 7. The van der Waals surface area contributed by atoms with Gasteiger partial charge in [0.05, 0.1) is 35.5 Å². The third kappa shape index (κ3) is 5.03. The van der Waals surface area contributed by atoms with E-state index in [2.05, 4.69) is 35.8 Å². The second-order valence-electron chi connectivity index (χ2n) is 7.62. The first kappa shape index (κ1) is 22.1. The first-order valence-electron chi connectivity index (χ1n) is 10.0. The first-order valence-corrected chi connectivity index (χ1v) is 10.0. The minimum Gasteiger partial charge on any atom is -0.346 e. The minimum absolute atomic E-state index is 0.150. The van der Waals surface area contributed by atoms with E-state index in [1.807, 2.05) is 19.9 Å². The van der Waals surface area contributed by atoms with E-state index in [1.165, 1.54) is 6.07 Å². The van der Waals surface area contributed by atoms with Crippen LogP contribution in [-0.2, 0) is 12.5 Å². The summed E-state index contributed by atoms with van der Waals surface area (Å²) < 4.78 is 29.0. The summed E-state index contributed by atoms with van der Waals surface area (Å²) >= 11 is 0. The Morgan fingerprint density at radius 3 is 2.55 bits per heavy atom. The standard InChI is InChI=1S/C22H20F2N8O/c1-13-4-5-19(27-9-13)15-6-16(20(33)28-12-17-11-25-14(2)10-26-17)8-18(7-15)32-21(22(3,23)24)29-30-31-32/h4-11H,12H2,1-3H3,(H,28,33). The van der Waals surface area contributed by atoms with Crippen LogP contribution in [0.4, 0.5) is 8.78 Å². The molecule has 0 unspecified atom stereocenters. The summed E-state index contributed by atoms with van der Waals surface area (Å²) in [4.78, 5) is 25.7. The molecule has 1 amide bonds. The van der Waals surface area contributed by atoms with E-state index >= 15 is 0 Å². The van der Waals surface area contributed by atoms with Gasteiger partial charge in [-0.15, -0.1) is 5.10 Å². The maximum Gasteiger partial charge on any atom is 0.305 e. The molecular formula is C22H20F2N8O. The number of rotatable bonds is 6. The molecule has 9 nitrogen and oxygen atoms in total. The number of benzene rings is 1. The molecule has 1 N–H and O–H groups in total. The highest BCUT2D eigenvalue weighted by molar-refractivity contribution is 5.96. The van der Waals surface area contributed by atoms with Crippen LogP contribution in [0.2, 0.25) is 0 Å². The van der Waals surface area contributed by atoms with Crippen molar-refractivity contribution < 1.29 is 13.6 Å². The number of halogens is 2. The number of pyridine rings is 1. The molecule has 0 saturated carbocycles. The molecule has 1 aromatic carbocycles. The van der Waals surface area contributed by atoms with E-state index in [0.717, 1.165) is 15.9 Å². The zero-order valence-corrected chi connectivity index (χ0v) is 18.1. The second-order valence-corrected chi connectivity index (χ2v) is 7.62. The summed E-state index contributed by atoms with van der Waals surface area (Å²) in [5.41, 5.74) is 3.85. The Labute approximate surface area is 187 Å². The summed E-state index contributed by atoms with van der Waals surface area (Å²) in [6.45, 7) is 4.57. The Balaban J connectivity index is 1.73. The van der Waals surface area contributed by atoms with Gasteiger partial charge in [0.1, 0.15) is 0 Å². The van der Waals surface area contributed by atoms with Crippen molar-refractivity contribution in [2.24, 2.45) is 0 Å². The van der Waals surface area contributed by atoms with Gasteiger partial charge >= 0.3 is 5.92 Å². The summed E-state index contributed by atoms with van der Waals surface area (Å²) in [6.07, 6.45) is 4.86. The first-order chi connectivity index (χ1) is 15.7. The van der Waals surface area contributed by atoms with Crippen LogP contribution in [0.1, 0.15) is 40.1 Å². The highest BCUT2D eigenvalue weighted by Crippen LogP contribution is 2.28. The van der Waals surface area contributed by atoms with Crippen molar-refractivity contribution in [1.82, 2.24) is 40.5 Å². The fraction of sp³-hybridized carbons (Fsp3) is 0.227. The SMILES string of the molecule is Cc1ccc(-c2cc(C(=O)NCc3cnc(C)cn3)cc(-n3nnnc3C(C)(F)F)c2)nc1. The molecule has 0 fully saturated rings. The lowest BCUT2D eigenvalue weighted by molar-refractivity contribution is 0.00527. The fourth-order valence-corrected chi connectivity index (χ4v) is 3.07. The van der Waals surface area contributed by atoms with E-state index in [-0.39, 0.29) is 17.8 Å². The molecule has 33 heavy (non-hydrogen) atoms. The number of carbonyl (C=O) groups excluding carboxylic acids is 1. The van der Waals surface area contributed by atoms with Gasteiger partial charge in [-0.1, -0.05) is 6.07 Å². The van der Waals surface area contributed by atoms with Crippen LogP contribution in [0, 0.1) is 13.8 Å². The van der Waals surface area contributed by atoms with Crippen molar-refractivity contribution in [3.8, 4) is 16.9 Å². The van der Waals surface area contributed by atoms with Gasteiger partial charge in [-0.2, -0.15) is 13.5 Å². The fourth-order valence-electron chi connectivity index (χ4n) is 3.07. The van der Waals surface area contributed by atoms with Crippen LogP contribution in [0.25, 0.3) is 16.9 Å². The van der Waals surface area contributed by atoms with Crippen molar-refractivity contribution in [3.05, 3.63) is 77.3 Å². The Morgan fingerprint density at radius 2 is 1.88 bits per heavy atom. The maximum absolute atomic E-state index is 14.0. The molecule has 168 valence electrons. The predicted molar refractivity (Wildman–Crippen MR) is 115 cm³/mol. The molecule has 0 aliphatic heterocycles. The average molecular weight is 450 g/mol. The summed E-state index contributed by atoms with van der Waals surface area (Å²) in [5.74, 6) is -4.35. The van der Waals surface area contributed by atoms with Crippen molar-refractivity contribution in [1.29, 1.82) is 0 Å². The smallest absolute Gasteiger partial charge is 0.305 e. The van der Waals surface area contributed by atoms with Gasteiger partial charge in [0.2, 0.25) is 5.82 Å². The van der Waals surface area contributed by atoms with Gasteiger partial charge < -0.3 is 5.32 Å². The molecule has 4 rings (SSSR count). The average Bonchev–Trinajstić information content (AvgIpc) is 3.29. The minimum atomic E-state index is -3.28. The van der Waals surface area contributed by atoms with Gasteiger partial charge in [-0.05, 0) is 54.1 Å². The number of nitrogens with zero attached hydrogens (tertiary/aromatic N) is 7. The molecule has 0 aliphatic rings. The summed E-state index contributed by atoms with van der Waals surface area (Å²) in [6, 6.07) is 8.33. The van der Waals surface area contributed by atoms with E-state index in [0.29, 0.717) is 23.9 Å². The topological polar surface area (TPSA) is 111 Å². The van der Waals surface area contributed by atoms with E-state index in [9.17, 15) is 13.6 Å². The van der Waals surface area contributed by atoms with Gasteiger partial charge in [-0.25, -0.2) is 0 Å². The molecule has 4 aromatic rings. The number of aromatic nitrogens is 7. The third-order valence-corrected chi connectivity index (χ3v) is 4.76. The Hall–Kier alpha value is -4.15. The van der Waals surface area contributed by atoms with Crippen molar-refractivity contribution in [2.75, 3.05) is 0 Å². The third-order valence-electron chi connectivity index (χ3n) is 4.76. The molecule has 0 atom stereocenters. The molecular weight excluding hydrogens is 430 g/mol. The zero-order chi connectivity index (χ0) is 23.6. The second kappa shape index (κ2) is 8.77. The van der Waals surface area contributed by atoms with E-state index < -0.39 is 17.7 Å².